The van der Waals surface area contributed by atoms with Crippen LogP contribution in [0.25, 0.3) is 0 Å². The highest BCUT2D eigenvalue weighted by molar-refractivity contribution is 5.94. The molecule has 8 heteroatoms. The number of methoxy groups -OCH3 is 1. The second-order valence-electron chi connectivity index (χ2n) is 7.85. The van der Waals surface area contributed by atoms with Gasteiger partial charge < -0.3 is 19.5 Å². The van der Waals surface area contributed by atoms with Gasteiger partial charge in [-0.3, -0.25) is 9.48 Å². The van der Waals surface area contributed by atoms with Gasteiger partial charge in [0.15, 0.2) is 0 Å². The fourth-order valence-corrected chi connectivity index (χ4v) is 4.39. The minimum Gasteiger partial charge on any atom is -0.488 e. The van der Waals surface area contributed by atoms with E-state index in [4.69, 9.17) is 9.47 Å². The first-order chi connectivity index (χ1) is 13.9. The van der Waals surface area contributed by atoms with Gasteiger partial charge in [-0.1, -0.05) is 6.07 Å². The lowest BCUT2D eigenvalue weighted by molar-refractivity contribution is -0.0231. The van der Waals surface area contributed by atoms with Crippen LogP contribution < -0.4 is 4.74 Å². The zero-order valence-corrected chi connectivity index (χ0v) is 16.5. The van der Waals surface area contributed by atoms with Crippen LogP contribution >= 0.6 is 0 Å². The van der Waals surface area contributed by atoms with Gasteiger partial charge in [0.05, 0.1) is 30.5 Å². The van der Waals surface area contributed by atoms with E-state index in [1.54, 1.807) is 48.4 Å². The first-order valence-electron chi connectivity index (χ1n) is 9.75. The molecule has 0 unspecified atom stereocenters. The Morgan fingerprint density at radius 2 is 1.93 bits per heavy atom. The van der Waals surface area contributed by atoms with Crippen molar-refractivity contribution in [3.63, 3.8) is 0 Å². The third-order valence-corrected chi connectivity index (χ3v) is 5.87. The molecule has 2 fully saturated rings. The van der Waals surface area contributed by atoms with Crippen LogP contribution in [0.5, 0.6) is 5.75 Å². The Hall–Kier alpha value is -2.87. The molecule has 0 radical (unpaired) electrons. The smallest absolute Gasteiger partial charge is 0.337 e. The highest BCUT2D eigenvalue weighted by Gasteiger charge is 2.44. The number of aromatic nitrogens is 2. The van der Waals surface area contributed by atoms with Crippen LogP contribution in [-0.4, -0.2) is 64.1 Å². The van der Waals surface area contributed by atoms with E-state index in [0.717, 1.165) is 0 Å². The Bertz CT molecular complexity index is 911. The number of ether oxygens (including phenoxy) is 2. The van der Waals surface area contributed by atoms with Crippen molar-refractivity contribution in [1.29, 1.82) is 0 Å². The van der Waals surface area contributed by atoms with E-state index in [0.29, 0.717) is 42.8 Å². The quantitative estimate of drug-likeness (QED) is 0.783. The molecule has 2 heterocycles. The number of carbonyl (C=O) groups excluding carboxylic acids is 2. The Balaban J connectivity index is 1.42. The van der Waals surface area contributed by atoms with Gasteiger partial charge in [-0.25, -0.2) is 4.79 Å². The maximum Gasteiger partial charge on any atom is 0.337 e. The van der Waals surface area contributed by atoms with Gasteiger partial charge in [-0.05, 0) is 42.9 Å². The minimum absolute atomic E-state index is 0.0229. The molecule has 8 nitrogen and oxygen atoms in total. The zero-order chi connectivity index (χ0) is 20.5. The van der Waals surface area contributed by atoms with Crippen molar-refractivity contribution in [2.45, 2.75) is 25.0 Å². The van der Waals surface area contributed by atoms with E-state index in [2.05, 4.69) is 5.10 Å². The van der Waals surface area contributed by atoms with Gasteiger partial charge in [-0.15, -0.1) is 0 Å². The molecule has 1 amide bonds. The average molecular weight is 399 g/mol. The van der Waals surface area contributed by atoms with Gasteiger partial charge in [0, 0.05) is 26.3 Å². The first-order valence-corrected chi connectivity index (χ1v) is 9.75. The van der Waals surface area contributed by atoms with Gasteiger partial charge >= 0.3 is 5.97 Å². The molecule has 154 valence electrons. The summed E-state index contributed by atoms with van der Waals surface area (Å²) in [6.45, 7) is 1.28. The maximum atomic E-state index is 12.7. The number of nitrogens with zero attached hydrogens (tertiary/aromatic N) is 3. The van der Waals surface area contributed by atoms with Gasteiger partial charge in [0.1, 0.15) is 11.9 Å². The number of aryl methyl sites for hydroxylation is 1. The lowest BCUT2D eigenvalue weighted by Crippen LogP contribution is -2.42. The molecule has 2 aromatic rings. The Labute approximate surface area is 169 Å². The molecular formula is C21H25N3O5. The van der Waals surface area contributed by atoms with Crippen LogP contribution in [0.3, 0.4) is 0 Å². The summed E-state index contributed by atoms with van der Waals surface area (Å²) >= 11 is 0. The van der Waals surface area contributed by atoms with E-state index >= 15 is 0 Å². The Morgan fingerprint density at radius 3 is 2.62 bits per heavy atom. The molecule has 1 aromatic heterocycles. The number of rotatable bonds is 4. The number of aliphatic hydroxyl groups is 1. The number of hydrogen-bond donors (Lipinski definition) is 1. The average Bonchev–Trinajstić information content (AvgIpc) is 3.33. The molecule has 4 atom stereocenters. The topological polar surface area (TPSA) is 93.9 Å². The van der Waals surface area contributed by atoms with Crippen LogP contribution in [0.2, 0.25) is 0 Å². The molecule has 2 aliphatic rings. The molecule has 1 saturated carbocycles. The van der Waals surface area contributed by atoms with Gasteiger partial charge in [0.2, 0.25) is 0 Å². The van der Waals surface area contributed by atoms with Crippen molar-refractivity contribution in [3.8, 4) is 5.75 Å². The number of fused-ring (bicyclic) bond motifs is 1. The monoisotopic (exact) mass is 399 g/mol. The highest BCUT2D eigenvalue weighted by atomic mass is 16.5. The molecule has 1 N–H and O–H groups in total. The lowest BCUT2D eigenvalue weighted by Gasteiger charge is -2.35. The third-order valence-electron chi connectivity index (χ3n) is 5.87. The molecular weight excluding hydrogens is 374 g/mol. The fourth-order valence-electron chi connectivity index (χ4n) is 4.39. The normalized spacial score (nSPS) is 26.1. The summed E-state index contributed by atoms with van der Waals surface area (Å²) in [5.74, 6) is 0.599. The number of carbonyl (C=O) groups is 2. The summed E-state index contributed by atoms with van der Waals surface area (Å²) < 4.78 is 12.4. The molecule has 1 aromatic carbocycles. The van der Waals surface area contributed by atoms with Crippen molar-refractivity contribution in [3.05, 3.63) is 47.8 Å². The molecule has 1 aliphatic carbocycles. The van der Waals surface area contributed by atoms with Crippen molar-refractivity contribution in [2.24, 2.45) is 18.9 Å². The second kappa shape index (κ2) is 7.87. The predicted octanol–water partition coefficient (Wildman–Crippen LogP) is 1.50. The van der Waals surface area contributed by atoms with Crippen molar-refractivity contribution < 1.29 is 24.2 Å². The van der Waals surface area contributed by atoms with E-state index in [1.165, 1.54) is 7.11 Å². The first kappa shape index (κ1) is 19.4. The van der Waals surface area contributed by atoms with Crippen LogP contribution in [0.1, 0.15) is 33.6 Å². The van der Waals surface area contributed by atoms with Crippen LogP contribution in [0, 0.1) is 11.8 Å². The molecule has 4 rings (SSSR count). The number of hydrogen-bond acceptors (Lipinski definition) is 6. The number of esters is 1. The number of benzene rings is 1. The van der Waals surface area contributed by atoms with Gasteiger partial charge in [0.25, 0.3) is 5.91 Å². The second-order valence-corrected chi connectivity index (χ2v) is 7.85. The maximum absolute atomic E-state index is 12.7. The largest absolute Gasteiger partial charge is 0.488 e. The SMILES string of the molecule is COC(=O)c1cccc(O[C@@H]2C[C@@H]3CN(C(=O)c4cnn(C)c4)C[C@@H]3C[C@H]2O)c1. The van der Waals surface area contributed by atoms with Crippen molar-refractivity contribution in [2.75, 3.05) is 20.2 Å². The summed E-state index contributed by atoms with van der Waals surface area (Å²) in [4.78, 5) is 26.3. The fraction of sp³-hybridized carbons (Fsp3) is 0.476. The predicted molar refractivity (Wildman–Crippen MR) is 104 cm³/mol. The summed E-state index contributed by atoms with van der Waals surface area (Å²) in [7, 11) is 3.12. The van der Waals surface area contributed by atoms with Crippen LogP contribution in [0.4, 0.5) is 0 Å². The third kappa shape index (κ3) is 3.98. The van der Waals surface area contributed by atoms with Gasteiger partial charge in [-0.2, -0.15) is 5.10 Å². The van der Waals surface area contributed by atoms with Crippen LogP contribution in [0.15, 0.2) is 36.7 Å². The minimum atomic E-state index is -0.619. The van der Waals surface area contributed by atoms with Crippen LogP contribution in [-0.2, 0) is 11.8 Å². The summed E-state index contributed by atoms with van der Waals surface area (Å²) in [5, 5.41) is 14.7. The van der Waals surface area contributed by atoms with E-state index < -0.39 is 12.1 Å². The number of aliphatic hydroxyl groups excluding tert-OH is 1. The molecule has 29 heavy (non-hydrogen) atoms. The summed E-state index contributed by atoms with van der Waals surface area (Å²) in [5.41, 5.74) is 0.987. The Morgan fingerprint density at radius 1 is 1.17 bits per heavy atom. The zero-order valence-electron chi connectivity index (χ0n) is 16.5. The lowest BCUT2D eigenvalue weighted by atomic mass is 9.78. The molecule has 1 saturated heterocycles. The van der Waals surface area contributed by atoms with Crippen molar-refractivity contribution >= 4 is 11.9 Å². The Kier molecular flexibility index (Phi) is 5.27. The number of likely N-dealkylation sites (tertiary alicyclic amines) is 1. The van der Waals surface area contributed by atoms with E-state index in [-0.39, 0.29) is 23.8 Å². The summed E-state index contributed by atoms with van der Waals surface area (Å²) in [6.07, 6.45) is 3.55. The summed E-state index contributed by atoms with van der Waals surface area (Å²) in [6, 6.07) is 6.77. The molecule has 1 aliphatic heterocycles. The molecule has 0 spiro atoms. The van der Waals surface area contributed by atoms with E-state index in [9.17, 15) is 14.7 Å². The highest BCUT2D eigenvalue weighted by Crippen LogP contribution is 2.38. The van der Waals surface area contributed by atoms with E-state index in [1.807, 2.05) is 4.90 Å². The van der Waals surface area contributed by atoms with Crippen molar-refractivity contribution in [1.82, 2.24) is 14.7 Å². The number of amides is 1. The standard InChI is InChI=1S/C21H25N3O5/c1-23-10-16(9-22-23)20(26)24-11-14-7-18(25)19(8-15(14)12-24)29-17-5-3-4-13(6-17)21(27)28-2/h3-6,9-10,14-15,18-19,25H,7-8,11-12H2,1-2H3/t14-,15+,18+,19+/m0/s1. The molecule has 0 bridgehead atoms.